The topological polar surface area (TPSA) is 67.3 Å². The molecule has 1 atom stereocenters. The molecule has 5 heteroatoms. The van der Waals surface area contributed by atoms with Crippen LogP contribution in [0.15, 0.2) is 36.5 Å². The Bertz CT molecular complexity index is 649. The number of hydrogen-bond acceptors (Lipinski definition) is 5. The molecule has 0 saturated heterocycles. The molecule has 0 spiro atoms. The first-order chi connectivity index (χ1) is 13.2. The molecule has 2 aromatic rings. The zero-order chi connectivity index (χ0) is 19.3. The van der Waals surface area contributed by atoms with Gasteiger partial charge in [0.25, 0.3) is 0 Å². The molecule has 1 aromatic heterocycles. The van der Waals surface area contributed by atoms with Gasteiger partial charge in [0.15, 0.2) is 11.6 Å². The molecule has 1 aromatic carbocycles. The molecular weight excluding hydrogens is 338 g/mol. The number of aliphatic hydroxyl groups is 1. The van der Waals surface area contributed by atoms with E-state index in [2.05, 4.69) is 46.5 Å². The third-order valence-corrected chi connectivity index (χ3v) is 4.65. The van der Waals surface area contributed by atoms with E-state index < -0.39 is 0 Å². The number of hydrogen-bond donors (Lipinski definition) is 2. The second-order valence-electron chi connectivity index (χ2n) is 6.97. The van der Waals surface area contributed by atoms with E-state index in [1.54, 1.807) is 6.20 Å². The Hall–Kier alpha value is -2.14. The molecule has 0 fully saturated rings. The molecule has 0 saturated carbocycles. The molecule has 0 amide bonds. The average Bonchev–Trinajstić information content (AvgIpc) is 2.70. The molecule has 27 heavy (non-hydrogen) atoms. The molecule has 0 radical (unpaired) electrons. The smallest absolute Gasteiger partial charge is 0.179 e. The monoisotopic (exact) mass is 371 g/mol. The Morgan fingerprint density at radius 1 is 1.15 bits per heavy atom. The van der Waals surface area contributed by atoms with Gasteiger partial charge in [-0.05, 0) is 44.1 Å². The first-order valence-corrected chi connectivity index (χ1v) is 10.1. The third kappa shape index (κ3) is 7.95. The summed E-state index contributed by atoms with van der Waals surface area (Å²) in [5.41, 5.74) is 1.32. The van der Waals surface area contributed by atoms with Gasteiger partial charge in [0, 0.05) is 13.2 Å². The van der Waals surface area contributed by atoms with E-state index in [0.717, 1.165) is 56.7 Å². The van der Waals surface area contributed by atoms with E-state index in [9.17, 15) is 5.11 Å². The summed E-state index contributed by atoms with van der Waals surface area (Å²) in [6.45, 7) is 5.70. The van der Waals surface area contributed by atoms with E-state index in [-0.39, 0.29) is 6.61 Å². The highest BCUT2D eigenvalue weighted by Gasteiger charge is 2.10. The summed E-state index contributed by atoms with van der Waals surface area (Å²) in [6.07, 6.45) is 8.00. The molecule has 2 rings (SSSR count). The summed E-state index contributed by atoms with van der Waals surface area (Å²) in [6, 6.07) is 10.4. The van der Waals surface area contributed by atoms with Gasteiger partial charge in [-0.1, -0.05) is 50.1 Å². The predicted molar refractivity (Wildman–Crippen MR) is 110 cm³/mol. The maximum absolute atomic E-state index is 9.51. The van der Waals surface area contributed by atoms with Crippen LogP contribution in [0.3, 0.4) is 0 Å². The van der Waals surface area contributed by atoms with Crippen molar-refractivity contribution in [1.29, 1.82) is 0 Å². The third-order valence-electron chi connectivity index (χ3n) is 4.65. The summed E-state index contributed by atoms with van der Waals surface area (Å²) in [4.78, 5) is 8.75. The fraction of sp³-hybridized carbons (Fsp3) is 0.545. The fourth-order valence-electron chi connectivity index (χ4n) is 3.01. The molecule has 0 aliphatic carbocycles. The summed E-state index contributed by atoms with van der Waals surface area (Å²) in [5, 5.41) is 12.9. The Labute approximate surface area is 163 Å². The van der Waals surface area contributed by atoms with Crippen molar-refractivity contribution < 1.29 is 9.84 Å². The number of benzene rings is 1. The van der Waals surface area contributed by atoms with E-state index in [1.165, 1.54) is 5.56 Å². The lowest BCUT2D eigenvalue weighted by atomic mass is 9.99. The normalized spacial score (nSPS) is 12.0. The van der Waals surface area contributed by atoms with Crippen LogP contribution in [0.4, 0.5) is 5.82 Å². The number of anilines is 1. The van der Waals surface area contributed by atoms with Crippen LogP contribution in [0, 0.1) is 12.8 Å². The Kier molecular flexibility index (Phi) is 9.63. The molecule has 2 N–H and O–H groups in total. The highest BCUT2D eigenvalue weighted by atomic mass is 16.5. The first kappa shape index (κ1) is 21.2. The van der Waals surface area contributed by atoms with Gasteiger partial charge in [0.1, 0.15) is 5.82 Å². The lowest BCUT2D eigenvalue weighted by Crippen LogP contribution is -2.14. The maximum atomic E-state index is 9.51. The number of nitrogens with one attached hydrogen (secondary N) is 1. The van der Waals surface area contributed by atoms with Crippen LogP contribution < -0.4 is 10.1 Å². The minimum absolute atomic E-state index is 0.243. The van der Waals surface area contributed by atoms with Crippen LogP contribution in [-0.2, 0) is 6.42 Å². The Morgan fingerprint density at radius 2 is 1.96 bits per heavy atom. The second kappa shape index (κ2) is 12.3. The van der Waals surface area contributed by atoms with Crippen molar-refractivity contribution in [3.05, 3.63) is 47.9 Å². The van der Waals surface area contributed by atoms with Gasteiger partial charge in [-0.25, -0.2) is 9.97 Å². The summed E-state index contributed by atoms with van der Waals surface area (Å²) in [5.74, 6) is 2.51. The lowest BCUT2D eigenvalue weighted by molar-refractivity contribution is 0.211. The standard InChI is InChI=1S/C22H33N3O2/c1-3-4-9-20(17-26)13-14-23-22-21(16-24-18(2)25-22)27-15-8-12-19-10-6-5-7-11-19/h5-7,10-11,16,20,26H,3-4,8-9,12-15,17H2,1-2H3,(H,23,24,25)/t20-/m1/s1. The van der Waals surface area contributed by atoms with Crippen molar-refractivity contribution in [3.8, 4) is 5.75 Å². The highest BCUT2D eigenvalue weighted by Crippen LogP contribution is 2.22. The van der Waals surface area contributed by atoms with Gasteiger partial charge in [-0.3, -0.25) is 0 Å². The molecule has 0 bridgehead atoms. The fourth-order valence-corrected chi connectivity index (χ4v) is 3.01. The Morgan fingerprint density at radius 3 is 2.70 bits per heavy atom. The molecule has 0 aliphatic heterocycles. The van der Waals surface area contributed by atoms with E-state index in [1.807, 2.05) is 13.0 Å². The lowest BCUT2D eigenvalue weighted by Gasteiger charge is -2.16. The van der Waals surface area contributed by atoms with Gasteiger partial charge in [-0.15, -0.1) is 0 Å². The van der Waals surface area contributed by atoms with E-state index in [4.69, 9.17) is 4.74 Å². The summed E-state index contributed by atoms with van der Waals surface area (Å²) in [7, 11) is 0. The van der Waals surface area contributed by atoms with Crippen molar-refractivity contribution in [2.24, 2.45) is 5.92 Å². The SMILES string of the molecule is CCCC[C@@H](CO)CCNc1nc(C)ncc1OCCCc1ccccc1. The minimum Gasteiger partial charge on any atom is -0.488 e. The quantitative estimate of drug-likeness (QED) is 0.511. The zero-order valence-electron chi connectivity index (χ0n) is 16.7. The van der Waals surface area contributed by atoms with Crippen LogP contribution in [0.2, 0.25) is 0 Å². The van der Waals surface area contributed by atoms with Gasteiger partial charge in [0.05, 0.1) is 12.8 Å². The predicted octanol–water partition coefficient (Wildman–Crippen LogP) is 4.40. The minimum atomic E-state index is 0.243. The van der Waals surface area contributed by atoms with Crippen LogP contribution >= 0.6 is 0 Å². The van der Waals surface area contributed by atoms with Crippen molar-refractivity contribution >= 4 is 5.82 Å². The van der Waals surface area contributed by atoms with Crippen molar-refractivity contribution in [1.82, 2.24) is 9.97 Å². The van der Waals surface area contributed by atoms with Crippen LogP contribution in [0.1, 0.15) is 50.4 Å². The molecule has 5 nitrogen and oxygen atoms in total. The number of aliphatic hydroxyl groups excluding tert-OH is 1. The zero-order valence-corrected chi connectivity index (χ0v) is 16.7. The van der Waals surface area contributed by atoms with Crippen LogP contribution in [-0.4, -0.2) is 34.8 Å². The van der Waals surface area contributed by atoms with Gasteiger partial charge in [-0.2, -0.15) is 0 Å². The number of aryl methyl sites for hydroxylation is 2. The number of rotatable bonds is 13. The molecule has 0 aliphatic rings. The van der Waals surface area contributed by atoms with Gasteiger partial charge >= 0.3 is 0 Å². The second-order valence-corrected chi connectivity index (χ2v) is 6.97. The highest BCUT2D eigenvalue weighted by molar-refractivity contribution is 5.48. The van der Waals surface area contributed by atoms with Gasteiger partial charge in [0.2, 0.25) is 0 Å². The van der Waals surface area contributed by atoms with E-state index in [0.29, 0.717) is 18.3 Å². The number of aromatic nitrogens is 2. The molecular formula is C22H33N3O2. The number of ether oxygens (including phenoxy) is 1. The van der Waals surface area contributed by atoms with Crippen molar-refractivity contribution in [3.63, 3.8) is 0 Å². The number of unbranched alkanes of at least 4 members (excludes halogenated alkanes) is 1. The first-order valence-electron chi connectivity index (χ1n) is 10.1. The largest absolute Gasteiger partial charge is 0.488 e. The van der Waals surface area contributed by atoms with Crippen LogP contribution in [0.5, 0.6) is 5.75 Å². The van der Waals surface area contributed by atoms with Crippen molar-refractivity contribution in [2.75, 3.05) is 25.1 Å². The van der Waals surface area contributed by atoms with Gasteiger partial charge < -0.3 is 15.2 Å². The van der Waals surface area contributed by atoms with E-state index >= 15 is 0 Å². The average molecular weight is 372 g/mol. The van der Waals surface area contributed by atoms with Crippen molar-refractivity contribution in [2.45, 2.75) is 52.4 Å². The maximum Gasteiger partial charge on any atom is 0.179 e. The summed E-state index contributed by atoms with van der Waals surface area (Å²) >= 11 is 0. The molecule has 1 heterocycles. The molecule has 0 unspecified atom stereocenters. The Balaban J connectivity index is 1.80. The summed E-state index contributed by atoms with van der Waals surface area (Å²) < 4.78 is 5.93. The number of nitrogens with zero attached hydrogens (tertiary/aromatic N) is 2. The van der Waals surface area contributed by atoms with Crippen LogP contribution in [0.25, 0.3) is 0 Å². The molecule has 148 valence electrons.